The zero-order valence-electron chi connectivity index (χ0n) is 23.5. The summed E-state index contributed by atoms with van der Waals surface area (Å²) in [6.07, 6.45) is 1.85. The van der Waals surface area contributed by atoms with Gasteiger partial charge in [0.1, 0.15) is 5.69 Å². The maximum absolute atomic E-state index is 13.7. The van der Waals surface area contributed by atoms with Crippen molar-refractivity contribution < 1.29 is 23.1 Å². The van der Waals surface area contributed by atoms with Gasteiger partial charge in [0.2, 0.25) is 5.91 Å². The molecule has 0 aliphatic carbocycles. The van der Waals surface area contributed by atoms with E-state index in [1.165, 1.54) is 6.07 Å². The maximum Gasteiger partial charge on any atom is 0.354 e. The first-order valence-corrected chi connectivity index (χ1v) is 15.4. The van der Waals surface area contributed by atoms with Crippen LogP contribution >= 0.6 is 0 Å². The van der Waals surface area contributed by atoms with Crippen molar-refractivity contribution in [2.45, 2.75) is 37.0 Å². The van der Waals surface area contributed by atoms with E-state index in [1.54, 1.807) is 54.6 Å². The molecule has 9 heteroatoms. The lowest BCUT2D eigenvalue weighted by Gasteiger charge is -2.19. The molecule has 3 N–H and O–H groups in total. The molecule has 0 saturated carbocycles. The van der Waals surface area contributed by atoms with E-state index in [9.17, 15) is 23.1 Å². The minimum absolute atomic E-state index is 0.0239. The van der Waals surface area contributed by atoms with Gasteiger partial charge in [0.25, 0.3) is 10.0 Å². The van der Waals surface area contributed by atoms with Gasteiger partial charge in [-0.15, -0.1) is 0 Å². The Hall–Kier alpha value is -5.02. The zero-order valence-corrected chi connectivity index (χ0v) is 24.3. The number of carbonyl (C=O) groups excluding carboxylic acids is 1. The molecule has 0 spiro atoms. The molecule has 0 aliphatic heterocycles. The highest BCUT2D eigenvalue weighted by Crippen LogP contribution is 2.30. The lowest BCUT2D eigenvalue weighted by molar-refractivity contribution is -0.119. The number of rotatable bonds is 11. The molecule has 218 valence electrons. The van der Waals surface area contributed by atoms with Gasteiger partial charge in [0, 0.05) is 17.5 Å². The minimum Gasteiger partial charge on any atom is -0.477 e. The van der Waals surface area contributed by atoms with E-state index < -0.39 is 27.8 Å². The number of nitrogens with zero attached hydrogens (tertiary/aromatic N) is 1. The van der Waals surface area contributed by atoms with Gasteiger partial charge in [-0.1, -0.05) is 116 Å². The van der Waals surface area contributed by atoms with Gasteiger partial charge in [0.15, 0.2) is 0 Å². The van der Waals surface area contributed by atoms with Crippen molar-refractivity contribution in [3.05, 3.63) is 143 Å². The highest BCUT2D eigenvalue weighted by atomic mass is 32.2. The molecule has 0 radical (unpaired) electrons. The number of aromatic nitrogens is 2. The Morgan fingerprint density at radius 2 is 1.42 bits per heavy atom. The van der Waals surface area contributed by atoms with Gasteiger partial charge >= 0.3 is 5.97 Å². The summed E-state index contributed by atoms with van der Waals surface area (Å²) in [6.45, 7) is 2.01. The van der Waals surface area contributed by atoms with Gasteiger partial charge < -0.3 is 5.11 Å². The van der Waals surface area contributed by atoms with Crippen LogP contribution in [0.15, 0.2) is 114 Å². The van der Waals surface area contributed by atoms with E-state index in [0.717, 1.165) is 17.7 Å². The van der Waals surface area contributed by atoms with Crippen LogP contribution in [0.1, 0.15) is 57.7 Å². The number of aromatic carboxylic acids is 1. The highest BCUT2D eigenvalue weighted by Gasteiger charge is 2.29. The zero-order chi connectivity index (χ0) is 30.4. The average molecular weight is 594 g/mol. The number of amides is 1. The third-order valence-electron chi connectivity index (χ3n) is 7.24. The second kappa shape index (κ2) is 12.9. The fourth-order valence-electron chi connectivity index (χ4n) is 5.19. The minimum atomic E-state index is -4.25. The SMILES string of the molecule is CCCc1n[nH]c(C(=O)O)c1Cc1ccc(-c2ccccc2S(=O)(=O)NC(=O)C(c2ccccc2)c2ccccc2)cc1. The van der Waals surface area contributed by atoms with Crippen molar-refractivity contribution >= 4 is 21.9 Å². The van der Waals surface area contributed by atoms with Crippen LogP contribution in [0.3, 0.4) is 0 Å². The Balaban J connectivity index is 1.43. The molecule has 5 aromatic rings. The number of nitrogens with one attached hydrogen (secondary N) is 2. The van der Waals surface area contributed by atoms with E-state index in [4.69, 9.17) is 0 Å². The second-order valence-corrected chi connectivity index (χ2v) is 11.8. The monoisotopic (exact) mass is 593 g/mol. The summed E-state index contributed by atoms with van der Waals surface area (Å²) in [5, 5.41) is 16.4. The average Bonchev–Trinajstić information content (AvgIpc) is 3.41. The van der Waals surface area contributed by atoms with Crippen LogP contribution in [-0.2, 0) is 27.7 Å². The van der Waals surface area contributed by atoms with Crippen LogP contribution in [0.2, 0.25) is 0 Å². The maximum atomic E-state index is 13.7. The van der Waals surface area contributed by atoms with Crippen LogP contribution in [0.4, 0.5) is 0 Å². The normalized spacial score (nSPS) is 11.4. The van der Waals surface area contributed by atoms with E-state index in [1.807, 2.05) is 55.5 Å². The van der Waals surface area contributed by atoms with Crippen molar-refractivity contribution in [1.82, 2.24) is 14.9 Å². The largest absolute Gasteiger partial charge is 0.477 e. The van der Waals surface area contributed by atoms with Crippen molar-refractivity contribution in [2.24, 2.45) is 0 Å². The van der Waals surface area contributed by atoms with E-state index >= 15 is 0 Å². The lowest BCUT2D eigenvalue weighted by Crippen LogP contribution is -2.35. The number of aryl methyl sites for hydroxylation is 1. The predicted molar refractivity (Wildman–Crippen MR) is 164 cm³/mol. The smallest absolute Gasteiger partial charge is 0.354 e. The summed E-state index contributed by atoms with van der Waals surface area (Å²) in [6, 6.07) is 31.9. The van der Waals surface area contributed by atoms with Crippen molar-refractivity contribution in [2.75, 3.05) is 0 Å². The van der Waals surface area contributed by atoms with Gasteiger partial charge in [-0.3, -0.25) is 9.89 Å². The number of carboxylic acid groups (broad SMARTS) is 1. The summed E-state index contributed by atoms with van der Waals surface area (Å²) in [4.78, 5) is 25.3. The summed E-state index contributed by atoms with van der Waals surface area (Å²) in [7, 11) is -4.25. The fraction of sp³-hybridized carbons (Fsp3) is 0.147. The molecule has 0 aliphatic rings. The molecule has 0 bridgehead atoms. The third-order valence-corrected chi connectivity index (χ3v) is 8.64. The number of carbonyl (C=O) groups is 2. The first-order chi connectivity index (χ1) is 20.8. The lowest BCUT2D eigenvalue weighted by atomic mass is 9.91. The molecule has 0 saturated heterocycles. The van der Waals surface area contributed by atoms with Crippen molar-refractivity contribution in [1.29, 1.82) is 0 Å². The Kier molecular flexibility index (Phi) is 8.82. The van der Waals surface area contributed by atoms with Crippen LogP contribution in [0.25, 0.3) is 11.1 Å². The van der Waals surface area contributed by atoms with E-state index in [-0.39, 0.29) is 10.6 Å². The summed E-state index contributed by atoms with van der Waals surface area (Å²) < 4.78 is 29.7. The number of carboxylic acids is 1. The standard InChI is InChI=1S/C34H31N3O5S/c1-2-11-29-28(32(34(39)40)36-35-29)22-23-18-20-24(21-19-23)27-16-9-10-17-30(27)43(41,42)37-33(38)31(25-12-5-3-6-13-25)26-14-7-4-8-15-26/h3-10,12-21,31H,2,11,22H2,1H3,(H,35,36)(H,37,38)(H,39,40). The van der Waals surface area contributed by atoms with Gasteiger partial charge in [0.05, 0.1) is 16.5 Å². The molecule has 0 fully saturated rings. The molecule has 8 nitrogen and oxygen atoms in total. The Morgan fingerprint density at radius 1 is 0.837 bits per heavy atom. The summed E-state index contributed by atoms with van der Waals surface area (Å²) in [5.74, 6) is -2.54. The number of H-pyrrole nitrogens is 1. The molecule has 0 unspecified atom stereocenters. The molecule has 1 heterocycles. The number of aromatic amines is 1. The molecule has 1 amide bonds. The van der Waals surface area contributed by atoms with Gasteiger partial charge in [-0.05, 0) is 34.7 Å². The molecule has 5 rings (SSSR count). The highest BCUT2D eigenvalue weighted by molar-refractivity contribution is 7.90. The number of hydrogen-bond donors (Lipinski definition) is 3. The summed E-state index contributed by atoms with van der Waals surface area (Å²) >= 11 is 0. The summed E-state index contributed by atoms with van der Waals surface area (Å²) in [5.41, 5.74) is 4.72. The quantitative estimate of drug-likeness (QED) is 0.173. The van der Waals surface area contributed by atoms with Crippen molar-refractivity contribution in [3.8, 4) is 11.1 Å². The number of sulfonamides is 1. The van der Waals surface area contributed by atoms with E-state index in [0.29, 0.717) is 40.7 Å². The molecule has 0 atom stereocenters. The van der Waals surface area contributed by atoms with Crippen LogP contribution in [0.5, 0.6) is 0 Å². The Morgan fingerprint density at radius 3 is 2.00 bits per heavy atom. The Labute approximate surface area is 250 Å². The third kappa shape index (κ3) is 6.57. The molecule has 4 aromatic carbocycles. The fourth-order valence-corrected chi connectivity index (χ4v) is 6.42. The van der Waals surface area contributed by atoms with Crippen molar-refractivity contribution in [3.63, 3.8) is 0 Å². The number of hydrogen-bond acceptors (Lipinski definition) is 5. The van der Waals surface area contributed by atoms with Gasteiger partial charge in [-0.25, -0.2) is 17.9 Å². The topological polar surface area (TPSA) is 129 Å². The molecular formula is C34H31N3O5S. The van der Waals surface area contributed by atoms with E-state index in [2.05, 4.69) is 14.9 Å². The van der Waals surface area contributed by atoms with Crippen LogP contribution in [0, 0.1) is 0 Å². The molecular weight excluding hydrogens is 562 g/mol. The second-order valence-electron chi connectivity index (χ2n) is 10.2. The predicted octanol–water partition coefficient (Wildman–Crippen LogP) is 5.96. The van der Waals surface area contributed by atoms with Crippen LogP contribution < -0.4 is 4.72 Å². The molecule has 1 aromatic heterocycles. The first-order valence-electron chi connectivity index (χ1n) is 13.9. The first kappa shape index (κ1) is 29.5. The number of benzene rings is 4. The van der Waals surface area contributed by atoms with Crippen LogP contribution in [-0.4, -0.2) is 35.6 Å². The van der Waals surface area contributed by atoms with Gasteiger partial charge in [-0.2, -0.15) is 5.10 Å². The molecule has 43 heavy (non-hydrogen) atoms. The Bertz CT molecular complexity index is 1790.